The maximum atomic E-state index is 11.8. The monoisotopic (exact) mass is 240 g/mol. The minimum atomic E-state index is -4.90. The van der Waals surface area contributed by atoms with Crippen molar-refractivity contribution in [3.8, 4) is 5.75 Å². The van der Waals surface area contributed by atoms with Crippen LogP contribution in [-0.2, 0) is 0 Å². The van der Waals surface area contributed by atoms with E-state index in [1.807, 2.05) is 0 Å². The standard InChI is InChI=1S/C7H4ClF3N2O2/c8-5(14)3-1-4(6(12)13-2-3)15-7(9,10)11/h1-2H,(H2,12,13). The van der Waals surface area contributed by atoms with E-state index in [1.165, 1.54) is 0 Å². The molecule has 1 aromatic rings. The molecule has 0 amide bonds. The van der Waals surface area contributed by atoms with Gasteiger partial charge < -0.3 is 10.5 Å². The van der Waals surface area contributed by atoms with Crippen molar-refractivity contribution in [2.45, 2.75) is 6.36 Å². The van der Waals surface area contributed by atoms with Crippen molar-refractivity contribution in [3.05, 3.63) is 17.8 Å². The van der Waals surface area contributed by atoms with Crippen molar-refractivity contribution in [2.24, 2.45) is 0 Å². The van der Waals surface area contributed by atoms with Gasteiger partial charge in [-0.15, -0.1) is 13.2 Å². The Bertz CT molecular complexity index is 394. The highest BCUT2D eigenvalue weighted by Gasteiger charge is 2.32. The lowest BCUT2D eigenvalue weighted by atomic mass is 10.3. The van der Waals surface area contributed by atoms with Crippen LogP contribution in [0.4, 0.5) is 19.0 Å². The number of pyridine rings is 1. The Balaban J connectivity index is 3.06. The van der Waals surface area contributed by atoms with Gasteiger partial charge in [0, 0.05) is 6.20 Å². The van der Waals surface area contributed by atoms with Crippen molar-refractivity contribution >= 4 is 22.7 Å². The fourth-order valence-corrected chi connectivity index (χ4v) is 0.872. The van der Waals surface area contributed by atoms with Gasteiger partial charge >= 0.3 is 6.36 Å². The predicted octanol–water partition coefficient (Wildman–Crippen LogP) is 1.94. The molecule has 0 spiro atoms. The number of nitrogens with two attached hydrogens (primary N) is 1. The third kappa shape index (κ3) is 3.28. The molecule has 0 aliphatic carbocycles. The van der Waals surface area contributed by atoms with Gasteiger partial charge in [0.25, 0.3) is 5.24 Å². The normalized spacial score (nSPS) is 11.2. The Hall–Kier alpha value is -1.50. The molecule has 2 N–H and O–H groups in total. The van der Waals surface area contributed by atoms with Crippen molar-refractivity contribution in [3.63, 3.8) is 0 Å². The van der Waals surface area contributed by atoms with E-state index in [0.717, 1.165) is 12.3 Å². The first kappa shape index (κ1) is 11.6. The third-order valence-electron chi connectivity index (χ3n) is 1.33. The molecular formula is C7H4ClF3N2O2. The predicted molar refractivity (Wildman–Crippen MR) is 45.5 cm³/mol. The molecule has 0 unspecified atom stereocenters. The number of aromatic nitrogens is 1. The zero-order valence-electron chi connectivity index (χ0n) is 7.01. The van der Waals surface area contributed by atoms with Crippen molar-refractivity contribution in [1.29, 1.82) is 0 Å². The number of rotatable bonds is 2. The van der Waals surface area contributed by atoms with E-state index in [2.05, 4.69) is 9.72 Å². The lowest BCUT2D eigenvalue weighted by Crippen LogP contribution is -2.18. The molecule has 0 aliphatic heterocycles. The summed E-state index contributed by atoms with van der Waals surface area (Å²) in [5.74, 6) is -1.23. The molecule has 0 bridgehead atoms. The molecule has 0 saturated carbocycles. The molecule has 0 saturated heterocycles. The summed E-state index contributed by atoms with van der Waals surface area (Å²) in [6.45, 7) is 0. The molecular weight excluding hydrogens is 237 g/mol. The number of nitrogen functional groups attached to an aromatic ring is 1. The Labute approximate surface area is 86.8 Å². The molecule has 0 aromatic carbocycles. The Morgan fingerprint density at radius 3 is 2.60 bits per heavy atom. The molecule has 4 nitrogen and oxygen atoms in total. The number of anilines is 1. The van der Waals surface area contributed by atoms with E-state index in [1.54, 1.807) is 0 Å². The van der Waals surface area contributed by atoms with Crippen LogP contribution in [0.2, 0.25) is 0 Å². The minimum Gasteiger partial charge on any atom is -0.402 e. The largest absolute Gasteiger partial charge is 0.573 e. The highest BCUT2D eigenvalue weighted by Crippen LogP contribution is 2.27. The summed E-state index contributed by atoms with van der Waals surface area (Å²) >= 11 is 5.04. The first-order chi connectivity index (χ1) is 6.79. The van der Waals surface area contributed by atoms with Gasteiger partial charge in [-0.25, -0.2) is 4.98 Å². The maximum absolute atomic E-state index is 11.8. The van der Waals surface area contributed by atoms with Crippen LogP contribution in [0.3, 0.4) is 0 Å². The highest BCUT2D eigenvalue weighted by molar-refractivity contribution is 6.67. The van der Waals surface area contributed by atoms with Gasteiger partial charge in [0.05, 0.1) is 5.56 Å². The van der Waals surface area contributed by atoms with E-state index < -0.39 is 23.2 Å². The smallest absolute Gasteiger partial charge is 0.402 e. The van der Waals surface area contributed by atoms with E-state index >= 15 is 0 Å². The average Bonchev–Trinajstić information content (AvgIpc) is 2.06. The summed E-state index contributed by atoms with van der Waals surface area (Å²) < 4.78 is 39.0. The number of carbonyl (C=O) groups excluding carboxylic acids is 1. The van der Waals surface area contributed by atoms with Gasteiger partial charge in [-0.05, 0) is 17.7 Å². The topological polar surface area (TPSA) is 65.2 Å². The van der Waals surface area contributed by atoms with Crippen molar-refractivity contribution < 1.29 is 22.7 Å². The Morgan fingerprint density at radius 2 is 2.13 bits per heavy atom. The summed E-state index contributed by atoms with van der Waals surface area (Å²) in [6, 6.07) is 0.769. The summed E-state index contributed by atoms with van der Waals surface area (Å²) in [6.07, 6.45) is -3.95. The fourth-order valence-electron chi connectivity index (χ4n) is 0.769. The second-order valence-corrected chi connectivity index (χ2v) is 2.77. The van der Waals surface area contributed by atoms with Gasteiger partial charge in [-0.2, -0.15) is 0 Å². The molecule has 8 heteroatoms. The quantitative estimate of drug-likeness (QED) is 0.803. The molecule has 0 atom stereocenters. The van der Waals surface area contributed by atoms with E-state index in [9.17, 15) is 18.0 Å². The molecule has 0 radical (unpaired) electrons. The molecule has 15 heavy (non-hydrogen) atoms. The van der Waals surface area contributed by atoms with Gasteiger partial charge in [0.2, 0.25) is 0 Å². The van der Waals surface area contributed by atoms with Gasteiger partial charge in [0.1, 0.15) is 0 Å². The number of ether oxygens (including phenoxy) is 1. The molecule has 1 aromatic heterocycles. The molecule has 82 valence electrons. The van der Waals surface area contributed by atoms with Crippen molar-refractivity contribution in [2.75, 3.05) is 5.73 Å². The van der Waals surface area contributed by atoms with Crippen LogP contribution >= 0.6 is 11.6 Å². The maximum Gasteiger partial charge on any atom is 0.573 e. The van der Waals surface area contributed by atoms with Crippen molar-refractivity contribution in [1.82, 2.24) is 4.98 Å². The van der Waals surface area contributed by atoms with E-state index in [0.29, 0.717) is 0 Å². The van der Waals surface area contributed by atoms with Crippen LogP contribution in [0.15, 0.2) is 12.3 Å². The summed E-state index contributed by atoms with van der Waals surface area (Å²) in [5, 5.41) is -0.950. The average molecular weight is 241 g/mol. The lowest BCUT2D eigenvalue weighted by Gasteiger charge is -2.10. The summed E-state index contributed by atoms with van der Waals surface area (Å²) in [7, 11) is 0. The summed E-state index contributed by atoms with van der Waals surface area (Å²) in [5.41, 5.74) is 4.87. The number of hydrogen-bond donors (Lipinski definition) is 1. The number of nitrogens with zero attached hydrogens (tertiary/aromatic N) is 1. The van der Waals surface area contributed by atoms with Gasteiger partial charge in [0.15, 0.2) is 11.6 Å². The lowest BCUT2D eigenvalue weighted by molar-refractivity contribution is -0.274. The third-order valence-corrected chi connectivity index (χ3v) is 1.55. The highest BCUT2D eigenvalue weighted by atomic mass is 35.5. The minimum absolute atomic E-state index is 0.231. The number of alkyl halides is 3. The molecule has 0 aliphatic rings. The second-order valence-electron chi connectivity index (χ2n) is 2.43. The molecule has 1 rings (SSSR count). The van der Waals surface area contributed by atoms with Crippen LogP contribution in [-0.4, -0.2) is 16.6 Å². The van der Waals surface area contributed by atoms with Gasteiger partial charge in [-0.1, -0.05) is 0 Å². The fraction of sp³-hybridized carbons (Fsp3) is 0.143. The second kappa shape index (κ2) is 3.93. The van der Waals surface area contributed by atoms with E-state index in [-0.39, 0.29) is 5.56 Å². The Morgan fingerprint density at radius 1 is 1.53 bits per heavy atom. The van der Waals surface area contributed by atoms with Crippen LogP contribution in [0.5, 0.6) is 5.75 Å². The van der Waals surface area contributed by atoms with Crippen LogP contribution in [0.25, 0.3) is 0 Å². The zero-order valence-corrected chi connectivity index (χ0v) is 7.76. The number of hydrogen-bond acceptors (Lipinski definition) is 4. The zero-order chi connectivity index (χ0) is 11.6. The van der Waals surface area contributed by atoms with Crippen LogP contribution in [0, 0.1) is 0 Å². The SMILES string of the molecule is Nc1ncc(C(=O)Cl)cc1OC(F)(F)F. The van der Waals surface area contributed by atoms with E-state index in [4.69, 9.17) is 17.3 Å². The van der Waals surface area contributed by atoms with Crippen LogP contribution in [0.1, 0.15) is 10.4 Å². The first-order valence-corrected chi connectivity index (χ1v) is 3.88. The van der Waals surface area contributed by atoms with Crippen LogP contribution < -0.4 is 10.5 Å². The first-order valence-electron chi connectivity index (χ1n) is 3.50. The molecule has 0 fully saturated rings. The summed E-state index contributed by atoms with van der Waals surface area (Å²) in [4.78, 5) is 14.0. The number of carbonyl (C=O) groups is 1. The number of halogens is 4. The van der Waals surface area contributed by atoms with Gasteiger partial charge in [-0.3, -0.25) is 4.79 Å². The Kier molecular flexibility index (Phi) is 3.04. The molecule has 1 heterocycles.